The summed E-state index contributed by atoms with van der Waals surface area (Å²) < 4.78 is 0. The predicted octanol–water partition coefficient (Wildman–Crippen LogP) is 13.6. The highest BCUT2D eigenvalue weighted by Crippen LogP contribution is 2.51. The second-order valence-corrected chi connectivity index (χ2v) is 14.0. The van der Waals surface area contributed by atoms with Crippen molar-refractivity contribution in [1.82, 2.24) is 0 Å². The monoisotopic (exact) mass is 622 g/mol. The summed E-state index contributed by atoms with van der Waals surface area (Å²) >= 11 is 0. The first kappa shape index (κ1) is 28.1. The van der Waals surface area contributed by atoms with Crippen LogP contribution in [0.1, 0.15) is 25.0 Å². The number of hydrogen-bond donors (Lipinski definition) is 0. The maximum absolute atomic E-state index is 2.42. The summed E-state index contributed by atoms with van der Waals surface area (Å²) in [5.74, 6) is 0. The van der Waals surface area contributed by atoms with Gasteiger partial charge in [0.15, 0.2) is 0 Å². The Bertz CT molecular complexity index is 2740. The van der Waals surface area contributed by atoms with Crippen molar-refractivity contribution in [2.75, 3.05) is 0 Å². The van der Waals surface area contributed by atoms with Gasteiger partial charge in [0.1, 0.15) is 0 Å². The third kappa shape index (κ3) is 4.11. The van der Waals surface area contributed by atoms with E-state index in [0.29, 0.717) is 0 Å². The zero-order valence-electron chi connectivity index (χ0n) is 27.7. The molecule has 0 N–H and O–H groups in total. The molecule has 0 fully saturated rings. The number of fused-ring (bicyclic) bond motifs is 7. The van der Waals surface area contributed by atoms with Crippen molar-refractivity contribution < 1.29 is 0 Å². The second kappa shape index (κ2) is 10.5. The summed E-state index contributed by atoms with van der Waals surface area (Å²) in [6.45, 7) is 4.70. The van der Waals surface area contributed by atoms with E-state index in [1.54, 1.807) is 0 Å². The van der Waals surface area contributed by atoms with Crippen LogP contribution >= 0.6 is 0 Å². The lowest BCUT2D eigenvalue weighted by Gasteiger charge is -2.22. The Balaban J connectivity index is 1.22. The van der Waals surface area contributed by atoms with E-state index >= 15 is 0 Å². The Kier molecular flexibility index (Phi) is 6.02. The van der Waals surface area contributed by atoms with E-state index in [2.05, 4.69) is 184 Å². The maximum atomic E-state index is 2.42. The first-order valence-corrected chi connectivity index (χ1v) is 17.3. The molecule has 0 bridgehead atoms. The summed E-state index contributed by atoms with van der Waals surface area (Å²) in [6.07, 6.45) is 0. The minimum atomic E-state index is -0.00247. The smallest absolute Gasteiger partial charge is 0.0158 e. The largest absolute Gasteiger partial charge is 0.0619 e. The standard InChI is InChI=1S/C49H34/c1-49(2)45-22-12-11-17-38(45)44-30-33(25-28-46(44)49)35-26-27-43(37-16-6-5-15-36(35)37)48-41-20-9-7-18-39(41)47(40-19-8-10-21-42(40)48)34-24-23-31-13-3-4-14-32(31)29-34/h3-30H,1-2H3. The third-order valence-electron chi connectivity index (χ3n) is 11.1. The summed E-state index contributed by atoms with van der Waals surface area (Å²) in [6, 6.07) is 63.2. The van der Waals surface area contributed by atoms with E-state index in [9.17, 15) is 0 Å². The van der Waals surface area contributed by atoms with Crippen molar-refractivity contribution in [3.8, 4) is 44.5 Å². The quantitative estimate of drug-likeness (QED) is 0.172. The van der Waals surface area contributed by atoms with Crippen molar-refractivity contribution in [1.29, 1.82) is 0 Å². The van der Waals surface area contributed by atoms with Gasteiger partial charge in [-0.2, -0.15) is 0 Å². The van der Waals surface area contributed by atoms with Crippen LogP contribution in [0.25, 0.3) is 87.6 Å². The maximum Gasteiger partial charge on any atom is 0.0158 e. The zero-order chi connectivity index (χ0) is 32.7. The van der Waals surface area contributed by atoms with Crippen LogP contribution in [0.2, 0.25) is 0 Å². The molecule has 1 aliphatic rings. The van der Waals surface area contributed by atoms with Gasteiger partial charge in [0.25, 0.3) is 0 Å². The molecule has 0 aromatic heterocycles. The van der Waals surface area contributed by atoms with Gasteiger partial charge in [0.2, 0.25) is 0 Å². The highest BCUT2D eigenvalue weighted by molar-refractivity contribution is 6.24. The van der Waals surface area contributed by atoms with Gasteiger partial charge in [-0.15, -0.1) is 0 Å². The van der Waals surface area contributed by atoms with Gasteiger partial charge in [-0.05, 0) is 111 Å². The number of rotatable bonds is 3. The lowest BCUT2D eigenvalue weighted by molar-refractivity contribution is 0.660. The van der Waals surface area contributed by atoms with Crippen LogP contribution in [-0.4, -0.2) is 0 Å². The topological polar surface area (TPSA) is 0 Å². The zero-order valence-corrected chi connectivity index (χ0v) is 27.7. The molecule has 1 aliphatic carbocycles. The molecule has 49 heavy (non-hydrogen) atoms. The van der Waals surface area contributed by atoms with E-state index in [0.717, 1.165) is 0 Å². The fourth-order valence-corrected chi connectivity index (χ4v) is 8.73. The fourth-order valence-electron chi connectivity index (χ4n) is 8.73. The molecule has 0 saturated heterocycles. The van der Waals surface area contributed by atoms with Crippen LogP contribution in [0, 0.1) is 0 Å². The molecule has 0 heteroatoms. The van der Waals surface area contributed by atoms with Gasteiger partial charge in [0.05, 0.1) is 0 Å². The molecule has 0 nitrogen and oxygen atoms in total. The minimum absolute atomic E-state index is 0.00247. The van der Waals surface area contributed by atoms with Crippen molar-refractivity contribution in [3.05, 3.63) is 181 Å². The highest BCUT2D eigenvalue weighted by atomic mass is 14.4. The Morgan fingerprint density at radius 3 is 1.53 bits per heavy atom. The molecule has 10 rings (SSSR count). The molecule has 0 amide bonds. The summed E-state index contributed by atoms with van der Waals surface area (Å²) in [5.41, 5.74) is 13.2. The Hall–Kier alpha value is -5.98. The van der Waals surface area contributed by atoms with Crippen LogP contribution in [0.5, 0.6) is 0 Å². The SMILES string of the molecule is CC1(C)c2ccccc2-c2cc(-c3ccc(-c4c5ccccc5c(-c5ccc6ccccc6c5)c5ccccc45)c4ccccc34)ccc21. The molecule has 0 atom stereocenters. The van der Waals surface area contributed by atoms with Crippen LogP contribution in [-0.2, 0) is 5.41 Å². The Morgan fingerprint density at radius 2 is 0.816 bits per heavy atom. The van der Waals surface area contributed by atoms with Gasteiger partial charge in [0, 0.05) is 5.41 Å². The van der Waals surface area contributed by atoms with Gasteiger partial charge < -0.3 is 0 Å². The van der Waals surface area contributed by atoms with Crippen molar-refractivity contribution in [2.45, 2.75) is 19.3 Å². The average Bonchev–Trinajstić information content (AvgIpc) is 3.38. The van der Waals surface area contributed by atoms with E-state index in [1.807, 2.05) is 0 Å². The van der Waals surface area contributed by atoms with Crippen LogP contribution in [0.4, 0.5) is 0 Å². The summed E-state index contributed by atoms with van der Waals surface area (Å²) in [5, 5.41) is 10.2. The van der Waals surface area contributed by atoms with Gasteiger partial charge in [-0.1, -0.05) is 172 Å². The molecule has 0 unspecified atom stereocenters. The van der Waals surface area contributed by atoms with Crippen molar-refractivity contribution >= 4 is 43.1 Å². The molecule has 0 spiro atoms. The third-order valence-corrected chi connectivity index (χ3v) is 11.1. The number of benzene rings is 9. The van der Waals surface area contributed by atoms with Gasteiger partial charge in [-0.3, -0.25) is 0 Å². The Labute approximate surface area is 286 Å². The minimum Gasteiger partial charge on any atom is -0.0619 e. The molecule has 9 aromatic carbocycles. The van der Waals surface area contributed by atoms with E-state index in [-0.39, 0.29) is 5.41 Å². The first-order chi connectivity index (χ1) is 24.1. The fraction of sp³-hybridized carbons (Fsp3) is 0.0612. The van der Waals surface area contributed by atoms with Crippen molar-refractivity contribution in [2.24, 2.45) is 0 Å². The van der Waals surface area contributed by atoms with Crippen LogP contribution < -0.4 is 0 Å². The second-order valence-electron chi connectivity index (χ2n) is 14.0. The summed E-state index contributed by atoms with van der Waals surface area (Å²) in [4.78, 5) is 0. The van der Waals surface area contributed by atoms with Gasteiger partial charge in [-0.25, -0.2) is 0 Å². The highest BCUT2D eigenvalue weighted by Gasteiger charge is 2.35. The molecule has 230 valence electrons. The molecule has 0 radical (unpaired) electrons. The predicted molar refractivity (Wildman–Crippen MR) is 210 cm³/mol. The molecular formula is C49H34. The average molecular weight is 623 g/mol. The molecule has 0 aliphatic heterocycles. The van der Waals surface area contributed by atoms with Crippen LogP contribution in [0.3, 0.4) is 0 Å². The normalized spacial score (nSPS) is 13.3. The molecule has 0 heterocycles. The van der Waals surface area contributed by atoms with Gasteiger partial charge >= 0.3 is 0 Å². The molecular weight excluding hydrogens is 589 g/mol. The molecule has 9 aromatic rings. The summed E-state index contributed by atoms with van der Waals surface area (Å²) in [7, 11) is 0. The first-order valence-electron chi connectivity index (χ1n) is 17.3. The number of hydrogen-bond acceptors (Lipinski definition) is 0. The van der Waals surface area contributed by atoms with Crippen LogP contribution in [0.15, 0.2) is 170 Å². The lowest BCUT2D eigenvalue weighted by Crippen LogP contribution is -2.14. The lowest BCUT2D eigenvalue weighted by atomic mass is 9.81. The molecule has 0 saturated carbocycles. The Morgan fingerprint density at radius 1 is 0.306 bits per heavy atom. The van der Waals surface area contributed by atoms with E-state index < -0.39 is 0 Å². The van der Waals surface area contributed by atoms with Crippen molar-refractivity contribution in [3.63, 3.8) is 0 Å². The van der Waals surface area contributed by atoms with E-state index in [4.69, 9.17) is 0 Å². The van der Waals surface area contributed by atoms with E-state index in [1.165, 1.54) is 98.7 Å².